The Bertz CT molecular complexity index is 485. The van der Waals surface area contributed by atoms with Crippen molar-refractivity contribution in [3.8, 4) is 0 Å². The summed E-state index contributed by atoms with van der Waals surface area (Å²) >= 11 is 9.03. The van der Waals surface area contributed by atoms with Gasteiger partial charge in [0.1, 0.15) is 0 Å². The first kappa shape index (κ1) is 15.5. The molecule has 1 rings (SSSR count). The van der Waals surface area contributed by atoms with Crippen LogP contribution in [0.3, 0.4) is 0 Å². The number of anilines is 1. The second kappa shape index (κ2) is 7.10. The molecular weight excluding hydrogens is 280 g/mol. The van der Waals surface area contributed by atoms with Gasteiger partial charge >= 0.3 is 0 Å². The van der Waals surface area contributed by atoms with Crippen LogP contribution in [0, 0.1) is 0 Å². The molecule has 0 spiro atoms. The molecule has 102 valence electrons. The minimum Gasteiger partial charge on any atom is -0.376 e. The Morgan fingerprint density at radius 2 is 2.11 bits per heavy atom. The van der Waals surface area contributed by atoms with Crippen LogP contribution in [0.15, 0.2) is 29.3 Å². The summed E-state index contributed by atoms with van der Waals surface area (Å²) in [7, 11) is 1.63. The van der Waals surface area contributed by atoms with E-state index in [-0.39, 0.29) is 16.4 Å². The zero-order valence-corrected chi connectivity index (χ0v) is 12.4. The molecule has 0 heterocycles. The predicted molar refractivity (Wildman–Crippen MR) is 86.0 cm³/mol. The van der Waals surface area contributed by atoms with E-state index in [0.29, 0.717) is 5.56 Å². The van der Waals surface area contributed by atoms with Gasteiger partial charge in [0.05, 0.1) is 11.7 Å². The second-order valence-electron chi connectivity index (χ2n) is 3.78. The van der Waals surface area contributed by atoms with Crippen LogP contribution in [0.2, 0.25) is 0 Å². The van der Waals surface area contributed by atoms with E-state index in [1.54, 1.807) is 43.1 Å². The standard InChI is InChI=1S/C12H16N4OS2/c1-8(18)15-11(17)9-3-5-10(6-4-9)16(7-14-2)12(13)19/h3-8,18H,1-2H3,(H2,13,19)(H,15,17). The third-order valence-electron chi connectivity index (χ3n) is 2.22. The summed E-state index contributed by atoms with van der Waals surface area (Å²) in [5.74, 6) is -0.180. The van der Waals surface area contributed by atoms with E-state index in [2.05, 4.69) is 22.9 Å². The number of rotatable bonds is 4. The van der Waals surface area contributed by atoms with Crippen LogP contribution in [0.5, 0.6) is 0 Å². The molecule has 0 aliphatic carbocycles. The molecule has 0 saturated carbocycles. The fourth-order valence-electron chi connectivity index (χ4n) is 1.41. The largest absolute Gasteiger partial charge is 0.376 e. The predicted octanol–water partition coefficient (Wildman–Crippen LogP) is 1.40. The van der Waals surface area contributed by atoms with Crippen molar-refractivity contribution < 1.29 is 4.79 Å². The number of aliphatic imine (C=N–C) groups is 1. The molecule has 1 aromatic rings. The lowest BCUT2D eigenvalue weighted by Gasteiger charge is -2.17. The summed E-state index contributed by atoms with van der Waals surface area (Å²) < 4.78 is 0. The van der Waals surface area contributed by atoms with Crippen LogP contribution in [0.4, 0.5) is 5.69 Å². The van der Waals surface area contributed by atoms with E-state index in [0.717, 1.165) is 5.69 Å². The molecule has 7 heteroatoms. The average Bonchev–Trinajstić information content (AvgIpc) is 2.35. The van der Waals surface area contributed by atoms with Crippen molar-refractivity contribution in [1.29, 1.82) is 0 Å². The van der Waals surface area contributed by atoms with Crippen molar-refractivity contribution in [2.75, 3.05) is 11.9 Å². The fourth-order valence-corrected chi connectivity index (χ4v) is 1.68. The highest BCUT2D eigenvalue weighted by Gasteiger charge is 2.10. The molecule has 0 aliphatic heterocycles. The summed E-state index contributed by atoms with van der Waals surface area (Å²) in [6.45, 7) is 1.78. The molecule has 0 radical (unpaired) electrons. The lowest BCUT2D eigenvalue weighted by atomic mass is 10.2. The van der Waals surface area contributed by atoms with Crippen molar-refractivity contribution in [2.24, 2.45) is 10.7 Å². The number of benzene rings is 1. The smallest absolute Gasteiger partial charge is 0.252 e. The SMILES string of the molecule is CN=CN(C(N)=S)c1ccc(C(=O)NC(C)S)cc1. The zero-order chi connectivity index (χ0) is 14.4. The minimum absolute atomic E-state index is 0.180. The molecule has 1 aromatic carbocycles. The molecule has 5 nitrogen and oxygen atoms in total. The first-order valence-electron chi connectivity index (χ1n) is 5.55. The number of carbonyl (C=O) groups is 1. The summed E-state index contributed by atoms with van der Waals surface area (Å²) in [6.07, 6.45) is 1.52. The van der Waals surface area contributed by atoms with Gasteiger partial charge in [0.25, 0.3) is 5.91 Å². The Kier molecular flexibility index (Phi) is 5.78. The normalized spacial score (nSPS) is 12.2. The van der Waals surface area contributed by atoms with Crippen molar-refractivity contribution in [2.45, 2.75) is 12.3 Å². The van der Waals surface area contributed by atoms with Crippen LogP contribution in [-0.4, -0.2) is 29.8 Å². The van der Waals surface area contributed by atoms with Crippen molar-refractivity contribution in [1.82, 2.24) is 5.32 Å². The number of nitrogens with zero attached hydrogens (tertiary/aromatic N) is 2. The number of thiol groups is 1. The molecule has 1 atom stereocenters. The molecule has 1 amide bonds. The maximum Gasteiger partial charge on any atom is 0.252 e. The molecule has 0 fully saturated rings. The van der Waals surface area contributed by atoms with Gasteiger partial charge < -0.3 is 11.1 Å². The first-order chi connectivity index (χ1) is 8.95. The van der Waals surface area contributed by atoms with Crippen LogP contribution in [0.25, 0.3) is 0 Å². The Balaban J connectivity index is 2.92. The fraction of sp³-hybridized carbons (Fsp3) is 0.250. The van der Waals surface area contributed by atoms with E-state index < -0.39 is 0 Å². The highest BCUT2D eigenvalue weighted by molar-refractivity contribution is 7.81. The van der Waals surface area contributed by atoms with E-state index in [1.165, 1.54) is 6.34 Å². The molecule has 0 saturated heterocycles. The van der Waals surface area contributed by atoms with E-state index in [9.17, 15) is 4.79 Å². The number of amides is 1. The Hall–Kier alpha value is -1.60. The van der Waals surface area contributed by atoms with Crippen LogP contribution < -0.4 is 16.0 Å². The summed E-state index contributed by atoms with van der Waals surface area (Å²) in [4.78, 5) is 17.2. The number of nitrogens with one attached hydrogen (secondary N) is 1. The third-order valence-corrected chi connectivity index (χ3v) is 2.54. The van der Waals surface area contributed by atoms with Gasteiger partial charge in [0.15, 0.2) is 5.11 Å². The topological polar surface area (TPSA) is 70.7 Å². The lowest BCUT2D eigenvalue weighted by Crippen LogP contribution is -2.34. The van der Waals surface area contributed by atoms with Crippen molar-refractivity contribution in [3.05, 3.63) is 29.8 Å². The molecule has 1 unspecified atom stereocenters. The summed E-state index contributed by atoms with van der Waals surface area (Å²) in [5.41, 5.74) is 6.88. The number of thiocarbonyl (C=S) groups is 1. The monoisotopic (exact) mass is 296 g/mol. The number of carbonyl (C=O) groups excluding carboxylic acids is 1. The van der Waals surface area contributed by atoms with Crippen LogP contribution in [-0.2, 0) is 0 Å². The molecule has 0 bridgehead atoms. The zero-order valence-electron chi connectivity index (χ0n) is 10.7. The second-order valence-corrected chi connectivity index (χ2v) is 4.97. The molecular formula is C12H16N4OS2. The van der Waals surface area contributed by atoms with Gasteiger partial charge in [-0.05, 0) is 43.4 Å². The van der Waals surface area contributed by atoms with Crippen LogP contribution >= 0.6 is 24.8 Å². The lowest BCUT2D eigenvalue weighted by molar-refractivity contribution is 0.0952. The highest BCUT2D eigenvalue weighted by atomic mass is 32.1. The maximum atomic E-state index is 11.7. The number of hydrogen-bond acceptors (Lipinski definition) is 4. The summed E-state index contributed by atoms with van der Waals surface area (Å²) in [6, 6.07) is 6.88. The average molecular weight is 296 g/mol. The van der Waals surface area contributed by atoms with Crippen LogP contribution in [0.1, 0.15) is 17.3 Å². The molecule has 0 aliphatic rings. The van der Waals surface area contributed by atoms with Gasteiger partial charge in [0, 0.05) is 18.3 Å². The van der Waals surface area contributed by atoms with Crippen molar-refractivity contribution >= 4 is 47.9 Å². The van der Waals surface area contributed by atoms with Gasteiger partial charge in [-0.2, -0.15) is 12.6 Å². The van der Waals surface area contributed by atoms with Crippen molar-refractivity contribution in [3.63, 3.8) is 0 Å². The number of nitrogens with two attached hydrogens (primary N) is 1. The molecule has 3 N–H and O–H groups in total. The van der Waals surface area contributed by atoms with E-state index >= 15 is 0 Å². The summed E-state index contributed by atoms with van der Waals surface area (Å²) in [5, 5.41) is 2.68. The van der Waals surface area contributed by atoms with Gasteiger partial charge in [-0.1, -0.05) is 0 Å². The van der Waals surface area contributed by atoms with E-state index in [4.69, 9.17) is 18.0 Å². The Morgan fingerprint density at radius 3 is 2.53 bits per heavy atom. The van der Waals surface area contributed by atoms with Gasteiger partial charge in [-0.15, -0.1) is 0 Å². The quantitative estimate of drug-likeness (QED) is 0.258. The highest BCUT2D eigenvalue weighted by Crippen LogP contribution is 2.14. The van der Waals surface area contributed by atoms with E-state index in [1.807, 2.05) is 0 Å². The molecule has 19 heavy (non-hydrogen) atoms. The van der Waals surface area contributed by atoms with Gasteiger partial charge in [-0.3, -0.25) is 14.7 Å². The Labute approximate surface area is 123 Å². The van der Waals surface area contributed by atoms with Gasteiger partial charge in [-0.25, -0.2) is 0 Å². The first-order valence-corrected chi connectivity index (χ1v) is 6.48. The minimum atomic E-state index is -0.201. The molecule has 0 aromatic heterocycles. The number of hydrogen-bond donors (Lipinski definition) is 3. The van der Waals surface area contributed by atoms with Gasteiger partial charge in [0.2, 0.25) is 0 Å². The Morgan fingerprint density at radius 1 is 1.53 bits per heavy atom. The maximum absolute atomic E-state index is 11.7. The third kappa shape index (κ3) is 4.53.